The Balaban J connectivity index is 2.59. The maximum absolute atomic E-state index is 11.7. The van der Waals surface area contributed by atoms with Crippen molar-refractivity contribution in [2.24, 2.45) is 0 Å². The van der Waals surface area contributed by atoms with E-state index in [-0.39, 0.29) is 17.3 Å². The van der Waals surface area contributed by atoms with E-state index in [2.05, 4.69) is 10.0 Å². The summed E-state index contributed by atoms with van der Waals surface area (Å²) in [5.74, 6) is -0.0872. The summed E-state index contributed by atoms with van der Waals surface area (Å²) >= 11 is 0. The van der Waals surface area contributed by atoms with E-state index < -0.39 is 25.4 Å². The first-order valence-electron chi connectivity index (χ1n) is 5.61. The molecular formula is C9H20N2O4S2. The van der Waals surface area contributed by atoms with E-state index in [9.17, 15) is 16.8 Å². The van der Waals surface area contributed by atoms with Gasteiger partial charge in [-0.3, -0.25) is 0 Å². The Bertz CT molecular complexity index is 457. The van der Waals surface area contributed by atoms with Crippen molar-refractivity contribution in [2.45, 2.75) is 25.8 Å². The largest absolute Gasteiger partial charge is 0.316 e. The van der Waals surface area contributed by atoms with Crippen LogP contribution in [0.25, 0.3) is 0 Å². The minimum Gasteiger partial charge on any atom is -0.316 e. The zero-order valence-corrected chi connectivity index (χ0v) is 11.8. The molecule has 8 heteroatoms. The molecule has 2 N–H and O–H groups in total. The van der Waals surface area contributed by atoms with Gasteiger partial charge in [0.15, 0.2) is 9.84 Å². The summed E-state index contributed by atoms with van der Waals surface area (Å²) in [5.41, 5.74) is -0.843. The molecule has 1 heterocycles. The van der Waals surface area contributed by atoms with Crippen molar-refractivity contribution in [3.63, 3.8) is 0 Å². The number of sulfone groups is 1. The van der Waals surface area contributed by atoms with Gasteiger partial charge in [-0.2, -0.15) is 0 Å². The fourth-order valence-electron chi connectivity index (χ4n) is 1.90. The Labute approximate surface area is 103 Å². The summed E-state index contributed by atoms with van der Waals surface area (Å²) in [6.45, 7) is 4.61. The predicted octanol–water partition coefficient (Wildman–Crippen LogP) is -0.907. The van der Waals surface area contributed by atoms with Gasteiger partial charge in [-0.15, -0.1) is 0 Å². The van der Waals surface area contributed by atoms with Crippen LogP contribution < -0.4 is 10.0 Å². The maximum atomic E-state index is 11.7. The maximum Gasteiger partial charge on any atom is 0.213 e. The fourth-order valence-corrected chi connectivity index (χ4v) is 5.53. The second kappa shape index (κ2) is 5.21. The van der Waals surface area contributed by atoms with Crippen LogP contribution in [0.15, 0.2) is 0 Å². The van der Waals surface area contributed by atoms with Crippen LogP contribution in [0.3, 0.4) is 0 Å². The standard InChI is InChI=1S/C9H20N2O4S2/c1-3-10-5-7-17(14,15)11-9(2)4-6-16(12,13)8-9/h10-11H,3-8H2,1-2H3. The molecule has 6 nitrogen and oxygen atoms in total. The molecule has 1 saturated heterocycles. The van der Waals surface area contributed by atoms with Gasteiger partial charge >= 0.3 is 0 Å². The first-order valence-corrected chi connectivity index (χ1v) is 9.08. The SMILES string of the molecule is CCNCCS(=O)(=O)NC1(C)CCS(=O)(=O)C1. The second-order valence-corrected chi connectivity index (χ2v) is 8.70. The van der Waals surface area contributed by atoms with Crippen LogP contribution in [-0.2, 0) is 19.9 Å². The summed E-state index contributed by atoms with van der Waals surface area (Å²) in [6, 6.07) is 0. The van der Waals surface area contributed by atoms with E-state index in [1.54, 1.807) is 6.92 Å². The molecule has 0 aliphatic carbocycles. The number of nitrogens with one attached hydrogen (secondary N) is 2. The van der Waals surface area contributed by atoms with Crippen LogP contribution in [0.2, 0.25) is 0 Å². The molecule has 0 aromatic heterocycles. The molecule has 1 aliphatic rings. The van der Waals surface area contributed by atoms with Gasteiger partial charge in [0.1, 0.15) is 0 Å². The highest BCUT2D eigenvalue weighted by atomic mass is 32.2. The predicted molar refractivity (Wildman–Crippen MR) is 67.1 cm³/mol. The van der Waals surface area contributed by atoms with Crippen LogP contribution in [-0.4, -0.2) is 52.7 Å². The van der Waals surface area contributed by atoms with Crippen LogP contribution in [0.4, 0.5) is 0 Å². The lowest BCUT2D eigenvalue weighted by Crippen LogP contribution is -2.48. The molecule has 1 fully saturated rings. The lowest BCUT2D eigenvalue weighted by molar-refractivity contribution is 0.461. The number of rotatable bonds is 6. The third-order valence-corrected chi connectivity index (χ3v) is 6.15. The van der Waals surface area contributed by atoms with Gasteiger partial charge < -0.3 is 5.32 Å². The molecular weight excluding hydrogens is 264 g/mol. The molecule has 0 bridgehead atoms. The zero-order chi connectivity index (χ0) is 13.2. The molecule has 0 amide bonds. The van der Waals surface area contributed by atoms with Crippen molar-refractivity contribution < 1.29 is 16.8 Å². The van der Waals surface area contributed by atoms with Gasteiger partial charge in [0, 0.05) is 12.1 Å². The zero-order valence-electron chi connectivity index (χ0n) is 10.2. The quantitative estimate of drug-likeness (QED) is 0.616. The molecule has 0 radical (unpaired) electrons. The molecule has 0 aromatic rings. The average molecular weight is 284 g/mol. The second-order valence-electron chi connectivity index (χ2n) is 4.68. The summed E-state index contributed by atoms with van der Waals surface area (Å²) in [4.78, 5) is 0. The third-order valence-electron chi connectivity index (χ3n) is 2.70. The molecule has 1 aliphatic heterocycles. The monoisotopic (exact) mass is 284 g/mol. The first kappa shape index (κ1) is 14.9. The summed E-state index contributed by atoms with van der Waals surface area (Å²) in [6.07, 6.45) is 0.343. The van der Waals surface area contributed by atoms with Crippen molar-refractivity contribution in [3.8, 4) is 0 Å². The summed E-state index contributed by atoms with van der Waals surface area (Å²) in [7, 11) is -6.52. The highest BCUT2D eigenvalue weighted by Gasteiger charge is 2.40. The highest BCUT2D eigenvalue weighted by Crippen LogP contribution is 2.23. The molecule has 1 atom stereocenters. The Hall–Kier alpha value is -0.180. The van der Waals surface area contributed by atoms with Gasteiger partial charge in [0.25, 0.3) is 0 Å². The van der Waals surface area contributed by atoms with Crippen molar-refractivity contribution in [1.29, 1.82) is 0 Å². The number of hydrogen-bond acceptors (Lipinski definition) is 5. The minimum atomic E-state index is -3.42. The van der Waals surface area contributed by atoms with Crippen molar-refractivity contribution in [1.82, 2.24) is 10.0 Å². The molecule has 0 aromatic carbocycles. The van der Waals surface area contributed by atoms with Crippen LogP contribution in [0, 0.1) is 0 Å². The van der Waals surface area contributed by atoms with E-state index in [1.807, 2.05) is 6.92 Å². The van der Waals surface area contributed by atoms with Gasteiger partial charge in [0.2, 0.25) is 10.0 Å². The highest BCUT2D eigenvalue weighted by molar-refractivity contribution is 7.92. The Morgan fingerprint density at radius 2 is 2.00 bits per heavy atom. The van der Waals surface area contributed by atoms with Gasteiger partial charge in [0.05, 0.1) is 17.3 Å². The lowest BCUT2D eigenvalue weighted by Gasteiger charge is -2.23. The van der Waals surface area contributed by atoms with E-state index in [4.69, 9.17) is 0 Å². The summed E-state index contributed by atoms with van der Waals surface area (Å²) in [5, 5.41) is 2.92. The molecule has 0 spiro atoms. The van der Waals surface area contributed by atoms with Crippen LogP contribution in [0.5, 0.6) is 0 Å². The smallest absolute Gasteiger partial charge is 0.213 e. The molecule has 102 valence electrons. The van der Waals surface area contributed by atoms with Gasteiger partial charge in [-0.1, -0.05) is 6.92 Å². The third kappa shape index (κ3) is 4.90. The molecule has 17 heavy (non-hydrogen) atoms. The Morgan fingerprint density at radius 3 is 2.47 bits per heavy atom. The first-order chi connectivity index (χ1) is 7.68. The van der Waals surface area contributed by atoms with Crippen molar-refractivity contribution >= 4 is 19.9 Å². The summed E-state index contributed by atoms with van der Waals surface area (Å²) < 4.78 is 48.7. The van der Waals surface area contributed by atoms with Gasteiger partial charge in [-0.25, -0.2) is 21.6 Å². The van der Waals surface area contributed by atoms with E-state index in [0.717, 1.165) is 0 Å². The van der Waals surface area contributed by atoms with Crippen molar-refractivity contribution in [3.05, 3.63) is 0 Å². The minimum absolute atomic E-state index is 0.0313. The molecule has 0 saturated carbocycles. The topological polar surface area (TPSA) is 92.3 Å². The lowest BCUT2D eigenvalue weighted by atomic mass is 10.0. The van der Waals surface area contributed by atoms with E-state index in [1.165, 1.54) is 0 Å². The van der Waals surface area contributed by atoms with Crippen LogP contribution in [0.1, 0.15) is 20.3 Å². The molecule has 1 unspecified atom stereocenters. The Morgan fingerprint density at radius 1 is 1.35 bits per heavy atom. The fraction of sp³-hybridized carbons (Fsp3) is 1.00. The number of sulfonamides is 1. The van der Waals surface area contributed by atoms with E-state index in [0.29, 0.717) is 19.5 Å². The van der Waals surface area contributed by atoms with Gasteiger partial charge in [-0.05, 0) is 19.9 Å². The average Bonchev–Trinajstić information content (AvgIpc) is 2.39. The Kier molecular flexibility index (Phi) is 4.56. The molecule has 1 rings (SSSR count). The van der Waals surface area contributed by atoms with Crippen LogP contribution >= 0.6 is 0 Å². The van der Waals surface area contributed by atoms with Crippen molar-refractivity contribution in [2.75, 3.05) is 30.3 Å². The van der Waals surface area contributed by atoms with E-state index >= 15 is 0 Å². The normalized spacial score (nSPS) is 28.4. The number of hydrogen-bond donors (Lipinski definition) is 2.